The van der Waals surface area contributed by atoms with Crippen LogP contribution in [0.15, 0.2) is 11.4 Å². The normalized spacial score (nSPS) is 18.2. The molecule has 2 rings (SSSR count). The number of thiophene rings is 1. The van der Waals surface area contributed by atoms with Crippen LogP contribution in [0.3, 0.4) is 0 Å². The smallest absolute Gasteiger partial charge is 0.337 e. The zero-order valence-corrected chi connectivity index (χ0v) is 10.3. The van der Waals surface area contributed by atoms with Crippen molar-refractivity contribution in [1.29, 1.82) is 0 Å². The largest absolute Gasteiger partial charge is 0.624 e. The predicted molar refractivity (Wildman–Crippen MR) is 66.9 cm³/mol. The van der Waals surface area contributed by atoms with Crippen molar-refractivity contribution < 1.29 is 14.6 Å². The fourth-order valence-corrected chi connectivity index (χ4v) is 2.95. The molecule has 0 unspecified atom stereocenters. The van der Waals surface area contributed by atoms with Gasteiger partial charge in [0.1, 0.15) is 4.88 Å². The molecule has 17 heavy (non-hydrogen) atoms. The molecule has 0 atom stereocenters. The molecule has 1 aromatic rings. The SMILES string of the molecule is O=C(O)c1ccsc1C=[N+]([O-])C1CCCCC1. The monoisotopic (exact) mass is 253 g/mol. The molecule has 5 heteroatoms. The molecule has 0 saturated heterocycles. The highest BCUT2D eigenvalue weighted by Gasteiger charge is 2.21. The van der Waals surface area contributed by atoms with E-state index in [9.17, 15) is 10.0 Å². The topological polar surface area (TPSA) is 63.4 Å². The minimum Gasteiger partial charge on any atom is -0.624 e. The molecular formula is C12H15NO3S. The third-order valence-corrected chi connectivity index (χ3v) is 3.96. The molecule has 0 amide bonds. The van der Waals surface area contributed by atoms with Crippen molar-refractivity contribution in [3.8, 4) is 0 Å². The summed E-state index contributed by atoms with van der Waals surface area (Å²) >= 11 is 1.29. The second kappa shape index (κ2) is 5.31. The summed E-state index contributed by atoms with van der Waals surface area (Å²) in [7, 11) is 0. The number of carbonyl (C=O) groups is 1. The van der Waals surface area contributed by atoms with Crippen molar-refractivity contribution in [2.75, 3.05) is 0 Å². The Morgan fingerprint density at radius 3 is 2.82 bits per heavy atom. The Morgan fingerprint density at radius 2 is 2.18 bits per heavy atom. The summed E-state index contributed by atoms with van der Waals surface area (Å²) in [5, 5.41) is 22.6. The van der Waals surface area contributed by atoms with Crippen molar-refractivity contribution in [2.45, 2.75) is 38.1 Å². The lowest BCUT2D eigenvalue weighted by atomic mass is 9.96. The fourth-order valence-electron chi connectivity index (χ4n) is 2.15. The minimum absolute atomic E-state index is 0.0208. The standard InChI is InChI=1S/C12H15NO3S/c14-12(15)10-6-7-17-11(10)8-13(16)9-4-2-1-3-5-9/h6-9H,1-5H2,(H,14,15). The van der Waals surface area contributed by atoms with Crippen LogP contribution in [0.5, 0.6) is 0 Å². The Balaban J connectivity index is 2.16. The van der Waals surface area contributed by atoms with E-state index in [1.54, 1.807) is 5.38 Å². The summed E-state index contributed by atoms with van der Waals surface area (Å²) in [6.07, 6.45) is 6.64. The average Bonchev–Trinajstić information content (AvgIpc) is 2.78. The summed E-state index contributed by atoms with van der Waals surface area (Å²) < 4.78 is 0.942. The van der Waals surface area contributed by atoms with E-state index in [0.29, 0.717) is 4.88 Å². The maximum atomic E-state index is 11.9. The van der Waals surface area contributed by atoms with Gasteiger partial charge in [-0.2, -0.15) is 0 Å². The molecule has 0 radical (unpaired) electrons. The molecule has 0 spiro atoms. The molecule has 1 N–H and O–H groups in total. The Bertz CT molecular complexity index is 433. The number of carboxylic acid groups (broad SMARTS) is 1. The Labute approximate surface area is 104 Å². The lowest BCUT2D eigenvalue weighted by Crippen LogP contribution is -2.25. The highest BCUT2D eigenvalue weighted by molar-refractivity contribution is 7.12. The van der Waals surface area contributed by atoms with Crippen LogP contribution in [-0.2, 0) is 0 Å². The minimum atomic E-state index is -0.977. The molecule has 1 heterocycles. The first-order valence-corrected chi connectivity index (χ1v) is 6.67. The Kier molecular flexibility index (Phi) is 3.78. The van der Waals surface area contributed by atoms with Crippen molar-refractivity contribution in [3.63, 3.8) is 0 Å². The molecule has 1 saturated carbocycles. The van der Waals surface area contributed by atoms with Crippen LogP contribution in [0.1, 0.15) is 47.3 Å². The van der Waals surface area contributed by atoms with E-state index in [2.05, 4.69) is 0 Å². The maximum absolute atomic E-state index is 11.9. The molecule has 1 aliphatic carbocycles. The second-order valence-electron chi connectivity index (χ2n) is 4.28. The van der Waals surface area contributed by atoms with Crippen molar-refractivity contribution >= 4 is 23.5 Å². The van der Waals surface area contributed by atoms with Crippen molar-refractivity contribution in [3.05, 3.63) is 27.1 Å². The van der Waals surface area contributed by atoms with E-state index in [-0.39, 0.29) is 11.6 Å². The highest BCUT2D eigenvalue weighted by Crippen LogP contribution is 2.21. The Morgan fingerprint density at radius 1 is 1.47 bits per heavy atom. The van der Waals surface area contributed by atoms with E-state index in [4.69, 9.17) is 5.11 Å². The van der Waals surface area contributed by atoms with E-state index in [1.165, 1.54) is 30.0 Å². The van der Waals surface area contributed by atoms with Gasteiger partial charge in [0.25, 0.3) is 0 Å². The summed E-state index contributed by atoms with van der Waals surface area (Å²) in [5.41, 5.74) is 0.214. The van der Waals surface area contributed by atoms with Crippen LogP contribution in [0, 0.1) is 5.21 Å². The molecule has 4 nitrogen and oxygen atoms in total. The van der Waals surface area contributed by atoms with Crippen LogP contribution in [0.2, 0.25) is 0 Å². The molecule has 0 aliphatic heterocycles. The lowest BCUT2D eigenvalue weighted by molar-refractivity contribution is -0.500. The molecule has 92 valence electrons. The van der Waals surface area contributed by atoms with Crippen LogP contribution < -0.4 is 0 Å². The first kappa shape index (κ1) is 12.1. The van der Waals surface area contributed by atoms with Gasteiger partial charge < -0.3 is 10.3 Å². The van der Waals surface area contributed by atoms with E-state index >= 15 is 0 Å². The number of hydrogen-bond donors (Lipinski definition) is 1. The van der Waals surface area contributed by atoms with Crippen LogP contribution in [0.4, 0.5) is 0 Å². The first-order chi connectivity index (χ1) is 8.18. The van der Waals surface area contributed by atoms with E-state index in [0.717, 1.165) is 30.4 Å². The number of carboxylic acids is 1. The summed E-state index contributed by atoms with van der Waals surface area (Å²) in [4.78, 5) is 11.4. The third kappa shape index (κ3) is 2.85. The molecular weight excluding hydrogens is 238 g/mol. The van der Waals surface area contributed by atoms with Gasteiger partial charge in [-0.3, -0.25) is 0 Å². The predicted octanol–water partition coefficient (Wildman–Crippen LogP) is 2.71. The fraction of sp³-hybridized carbons (Fsp3) is 0.500. The zero-order valence-electron chi connectivity index (χ0n) is 9.46. The van der Waals surface area contributed by atoms with Gasteiger partial charge in [-0.25, -0.2) is 9.53 Å². The maximum Gasteiger partial charge on any atom is 0.337 e. The molecule has 1 aromatic heterocycles. The van der Waals surface area contributed by atoms with E-state index in [1.807, 2.05) is 0 Å². The average molecular weight is 253 g/mol. The third-order valence-electron chi connectivity index (χ3n) is 3.10. The molecule has 0 aromatic carbocycles. The quantitative estimate of drug-likeness (QED) is 0.390. The summed E-state index contributed by atoms with van der Waals surface area (Å²) in [5.74, 6) is -0.977. The number of nitrogens with zero attached hydrogens (tertiary/aromatic N) is 1. The van der Waals surface area contributed by atoms with Gasteiger partial charge >= 0.3 is 5.97 Å². The highest BCUT2D eigenvalue weighted by atomic mass is 32.1. The van der Waals surface area contributed by atoms with Gasteiger partial charge in [-0.15, -0.1) is 11.3 Å². The molecule has 1 fully saturated rings. The summed E-state index contributed by atoms with van der Waals surface area (Å²) in [6, 6.07) is 1.56. The van der Waals surface area contributed by atoms with Gasteiger partial charge in [0, 0.05) is 12.8 Å². The van der Waals surface area contributed by atoms with Crippen LogP contribution >= 0.6 is 11.3 Å². The van der Waals surface area contributed by atoms with Gasteiger partial charge in [0.15, 0.2) is 12.3 Å². The van der Waals surface area contributed by atoms with Crippen molar-refractivity contribution in [2.24, 2.45) is 0 Å². The zero-order chi connectivity index (χ0) is 12.3. The number of hydroxylamine groups is 1. The lowest BCUT2D eigenvalue weighted by Gasteiger charge is -2.20. The van der Waals surface area contributed by atoms with Gasteiger partial charge in [-0.1, -0.05) is 6.42 Å². The first-order valence-electron chi connectivity index (χ1n) is 5.79. The molecule has 1 aliphatic rings. The Hall–Kier alpha value is -1.36. The van der Waals surface area contributed by atoms with Crippen molar-refractivity contribution in [1.82, 2.24) is 0 Å². The second-order valence-corrected chi connectivity index (χ2v) is 5.23. The van der Waals surface area contributed by atoms with Gasteiger partial charge in [0.2, 0.25) is 0 Å². The number of hydrogen-bond acceptors (Lipinski definition) is 3. The summed E-state index contributed by atoms with van der Waals surface area (Å²) in [6.45, 7) is 0. The number of rotatable bonds is 3. The van der Waals surface area contributed by atoms with E-state index < -0.39 is 5.97 Å². The van der Waals surface area contributed by atoms with Gasteiger partial charge in [-0.05, 0) is 24.3 Å². The van der Waals surface area contributed by atoms with Crippen LogP contribution in [-0.4, -0.2) is 28.1 Å². The van der Waals surface area contributed by atoms with Crippen LogP contribution in [0.25, 0.3) is 0 Å². The number of aromatic carboxylic acids is 1. The van der Waals surface area contributed by atoms with Gasteiger partial charge in [0.05, 0.1) is 5.56 Å². The molecule has 0 bridgehead atoms.